The van der Waals surface area contributed by atoms with Gasteiger partial charge >= 0.3 is 0 Å². The molecule has 0 spiro atoms. The van der Waals surface area contributed by atoms with Crippen LogP contribution < -0.4 is 10.1 Å². The number of halogens is 2. The summed E-state index contributed by atoms with van der Waals surface area (Å²) in [5, 5.41) is 7.73. The third-order valence-electron chi connectivity index (χ3n) is 2.87. The van der Waals surface area contributed by atoms with Gasteiger partial charge in [-0.05, 0) is 50.9 Å². The quantitative estimate of drug-likeness (QED) is 0.863. The fraction of sp³-hybridized carbons (Fsp3) is 0.308. The molecule has 19 heavy (non-hydrogen) atoms. The Balaban J connectivity index is 2.14. The number of benzene rings is 1. The number of nitrogens with zero attached hydrogens (tertiary/aromatic N) is 2. The highest BCUT2D eigenvalue weighted by Gasteiger charge is 2.10. The van der Waals surface area contributed by atoms with Crippen molar-refractivity contribution in [3.63, 3.8) is 0 Å². The van der Waals surface area contributed by atoms with E-state index in [1.54, 1.807) is 7.11 Å². The molecule has 1 heterocycles. The van der Waals surface area contributed by atoms with Gasteiger partial charge in [0.05, 0.1) is 34.0 Å². The summed E-state index contributed by atoms with van der Waals surface area (Å²) in [7, 11) is 3.60. The van der Waals surface area contributed by atoms with E-state index >= 15 is 0 Å². The van der Waals surface area contributed by atoms with Gasteiger partial charge in [0.25, 0.3) is 0 Å². The lowest BCUT2D eigenvalue weighted by molar-refractivity contribution is 0.412. The van der Waals surface area contributed by atoms with E-state index in [0.717, 1.165) is 31.8 Å². The van der Waals surface area contributed by atoms with Gasteiger partial charge in [-0.3, -0.25) is 4.68 Å². The van der Waals surface area contributed by atoms with Crippen molar-refractivity contribution in [3.05, 3.63) is 38.5 Å². The second-order valence-electron chi connectivity index (χ2n) is 4.17. The number of aryl methyl sites for hydroxylation is 2. The van der Waals surface area contributed by atoms with Crippen molar-refractivity contribution in [2.75, 3.05) is 12.4 Å². The summed E-state index contributed by atoms with van der Waals surface area (Å²) >= 11 is 7.00. The molecule has 0 unspecified atom stereocenters. The zero-order valence-corrected chi connectivity index (χ0v) is 14.2. The Morgan fingerprint density at radius 2 is 2.11 bits per heavy atom. The van der Waals surface area contributed by atoms with Crippen molar-refractivity contribution >= 4 is 37.5 Å². The number of rotatable bonds is 4. The molecule has 0 saturated heterocycles. The fourth-order valence-electron chi connectivity index (χ4n) is 1.83. The van der Waals surface area contributed by atoms with Crippen molar-refractivity contribution in [2.24, 2.45) is 7.05 Å². The predicted octanol–water partition coefficient (Wildman–Crippen LogP) is 3.87. The van der Waals surface area contributed by atoms with E-state index in [1.807, 2.05) is 36.9 Å². The molecule has 0 atom stereocenters. The van der Waals surface area contributed by atoms with Crippen molar-refractivity contribution in [3.8, 4) is 5.75 Å². The Morgan fingerprint density at radius 1 is 1.37 bits per heavy atom. The first-order chi connectivity index (χ1) is 9.02. The van der Waals surface area contributed by atoms with Gasteiger partial charge in [0.15, 0.2) is 0 Å². The lowest BCUT2D eigenvalue weighted by Crippen LogP contribution is -2.06. The van der Waals surface area contributed by atoms with Crippen molar-refractivity contribution in [1.29, 1.82) is 0 Å². The van der Waals surface area contributed by atoms with E-state index in [0.29, 0.717) is 6.54 Å². The van der Waals surface area contributed by atoms with Crippen molar-refractivity contribution in [2.45, 2.75) is 13.5 Å². The van der Waals surface area contributed by atoms with Gasteiger partial charge in [-0.2, -0.15) is 5.10 Å². The van der Waals surface area contributed by atoms with Gasteiger partial charge in [0.2, 0.25) is 0 Å². The van der Waals surface area contributed by atoms with Crippen LogP contribution in [0.5, 0.6) is 5.75 Å². The average molecular weight is 389 g/mol. The summed E-state index contributed by atoms with van der Waals surface area (Å²) in [6.45, 7) is 2.68. The van der Waals surface area contributed by atoms with Crippen LogP contribution in [0.4, 0.5) is 5.69 Å². The lowest BCUT2D eigenvalue weighted by atomic mass is 10.3. The number of hydrogen-bond acceptors (Lipinski definition) is 3. The van der Waals surface area contributed by atoms with E-state index in [2.05, 4.69) is 42.3 Å². The van der Waals surface area contributed by atoms with Gasteiger partial charge in [-0.1, -0.05) is 0 Å². The molecule has 6 heteroatoms. The molecule has 0 aliphatic carbocycles. The maximum absolute atomic E-state index is 5.28. The number of anilines is 1. The molecule has 1 aromatic heterocycles. The number of nitrogens with one attached hydrogen (secondary N) is 1. The Bertz CT molecular complexity index is 596. The summed E-state index contributed by atoms with van der Waals surface area (Å²) in [5.74, 6) is 0.810. The van der Waals surface area contributed by atoms with Crippen molar-refractivity contribution < 1.29 is 4.74 Å². The molecule has 0 saturated carbocycles. The predicted molar refractivity (Wildman–Crippen MR) is 83.7 cm³/mol. The van der Waals surface area contributed by atoms with E-state index in [1.165, 1.54) is 0 Å². The van der Waals surface area contributed by atoms with Gasteiger partial charge < -0.3 is 10.1 Å². The van der Waals surface area contributed by atoms with Gasteiger partial charge in [-0.25, -0.2) is 0 Å². The van der Waals surface area contributed by atoms with Gasteiger partial charge in [0.1, 0.15) is 5.75 Å². The minimum absolute atomic E-state index is 0.697. The first-order valence-electron chi connectivity index (χ1n) is 5.78. The van der Waals surface area contributed by atoms with Crippen molar-refractivity contribution in [1.82, 2.24) is 9.78 Å². The van der Waals surface area contributed by atoms with Crippen LogP contribution in [-0.2, 0) is 13.6 Å². The summed E-state index contributed by atoms with van der Waals surface area (Å²) < 4.78 is 9.14. The summed E-state index contributed by atoms with van der Waals surface area (Å²) in [6, 6.07) is 5.93. The molecule has 0 radical (unpaired) electrons. The smallest absolute Gasteiger partial charge is 0.135 e. The van der Waals surface area contributed by atoms with E-state index in [9.17, 15) is 0 Å². The molecule has 2 aromatic rings. The molecule has 1 aromatic carbocycles. The minimum atomic E-state index is 0.697. The van der Waals surface area contributed by atoms with Crippen LogP contribution in [0.3, 0.4) is 0 Å². The molecule has 102 valence electrons. The highest BCUT2D eigenvalue weighted by Crippen LogP contribution is 2.28. The van der Waals surface area contributed by atoms with E-state index in [4.69, 9.17) is 4.74 Å². The molecule has 0 aliphatic rings. The molecule has 2 rings (SSSR count). The molecule has 0 amide bonds. The van der Waals surface area contributed by atoms with E-state index in [-0.39, 0.29) is 0 Å². The maximum Gasteiger partial charge on any atom is 0.135 e. The topological polar surface area (TPSA) is 39.1 Å². The number of methoxy groups -OCH3 is 1. The fourth-order valence-corrected chi connectivity index (χ4v) is 2.71. The second-order valence-corrected chi connectivity index (χ2v) is 5.82. The van der Waals surface area contributed by atoms with Crippen LogP contribution in [0, 0.1) is 6.92 Å². The number of aromatic nitrogens is 2. The largest absolute Gasteiger partial charge is 0.495 e. The zero-order chi connectivity index (χ0) is 14.0. The Labute approximate surface area is 129 Å². The monoisotopic (exact) mass is 387 g/mol. The summed E-state index contributed by atoms with van der Waals surface area (Å²) in [4.78, 5) is 0. The molecule has 4 nitrogen and oxygen atoms in total. The Kier molecular flexibility index (Phi) is 4.52. The summed E-state index contributed by atoms with van der Waals surface area (Å²) in [6.07, 6.45) is 0. The van der Waals surface area contributed by atoms with Crippen LogP contribution in [0.2, 0.25) is 0 Å². The van der Waals surface area contributed by atoms with E-state index < -0.39 is 0 Å². The third kappa shape index (κ3) is 3.12. The zero-order valence-electron chi connectivity index (χ0n) is 11.0. The van der Waals surface area contributed by atoms with Gasteiger partial charge in [0, 0.05) is 18.8 Å². The highest BCUT2D eigenvalue weighted by molar-refractivity contribution is 9.10. The molecule has 0 bridgehead atoms. The highest BCUT2D eigenvalue weighted by atomic mass is 79.9. The van der Waals surface area contributed by atoms with Crippen LogP contribution in [0.25, 0.3) is 0 Å². The second kappa shape index (κ2) is 5.96. The Hall–Kier alpha value is -1.01. The first kappa shape index (κ1) is 14.4. The maximum atomic E-state index is 5.28. The SMILES string of the molecule is COc1cc(NCc2c(Br)c(C)nn2C)ccc1Br. The Morgan fingerprint density at radius 3 is 2.68 bits per heavy atom. The third-order valence-corrected chi connectivity index (χ3v) is 4.56. The van der Waals surface area contributed by atoms with Gasteiger partial charge in [-0.15, -0.1) is 0 Å². The van der Waals surface area contributed by atoms with Crippen LogP contribution in [0.1, 0.15) is 11.4 Å². The van der Waals surface area contributed by atoms with Crippen LogP contribution in [-0.4, -0.2) is 16.9 Å². The number of hydrogen-bond donors (Lipinski definition) is 1. The van der Waals surface area contributed by atoms with Crippen LogP contribution >= 0.6 is 31.9 Å². The molecule has 1 N–H and O–H groups in total. The standard InChI is InChI=1S/C13H15Br2N3O/c1-8-13(15)11(18(2)17-8)7-16-9-4-5-10(14)12(6-9)19-3/h4-6,16H,7H2,1-3H3. The normalized spacial score (nSPS) is 10.6. The molecular weight excluding hydrogens is 374 g/mol. The molecule has 0 aliphatic heterocycles. The molecule has 0 fully saturated rings. The number of ether oxygens (including phenoxy) is 1. The molecular formula is C13H15Br2N3O. The van der Waals surface area contributed by atoms with Crippen LogP contribution in [0.15, 0.2) is 27.1 Å². The first-order valence-corrected chi connectivity index (χ1v) is 7.37. The lowest BCUT2D eigenvalue weighted by Gasteiger charge is -2.10. The minimum Gasteiger partial charge on any atom is -0.495 e. The summed E-state index contributed by atoms with van der Waals surface area (Å²) in [5.41, 5.74) is 3.11. The average Bonchev–Trinajstić information content (AvgIpc) is 2.63.